The highest BCUT2D eigenvalue weighted by Gasteiger charge is 2.30. The second-order valence-electron chi connectivity index (χ2n) is 8.05. The molecule has 0 saturated carbocycles. The molecule has 0 radical (unpaired) electrons. The van der Waals surface area contributed by atoms with Gasteiger partial charge >= 0.3 is 6.18 Å². The first-order valence-electron chi connectivity index (χ1n) is 11.2. The largest absolute Gasteiger partial charge is 0.494 e. The molecular weight excluding hydrogens is 491 g/mol. The van der Waals surface area contributed by atoms with Crippen LogP contribution in [0.5, 0.6) is 5.75 Å². The van der Waals surface area contributed by atoms with Crippen LogP contribution in [0, 0.1) is 0 Å². The number of rotatable bonds is 7. The Balaban J connectivity index is 1.39. The summed E-state index contributed by atoms with van der Waals surface area (Å²) in [6, 6.07) is 15.4. The van der Waals surface area contributed by atoms with Crippen molar-refractivity contribution in [1.29, 1.82) is 0 Å². The molecule has 10 heteroatoms. The Morgan fingerprint density at radius 1 is 1.08 bits per heavy atom. The van der Waals surface area contributed by atoms with Gasteiger partial charge in [-0.25, -0.2) is 0 Å². The van der Waals surface area contributed by atoms with E-state index < -0.39 is 11.7 Å². The number of alkyl halides is 3. The summed E-state index contributed by atoms with van der Waals surface area (Å²) in [5.41, 5.74) is -0.0644. The van der Waals surface area contributed by atoms with Gasteiger partial charge in [0.1, 0.15) is 21.8 Å². The first-order chi connectivity index (χ1) is 17.3. The second kappa shape index (κ2) is 9.62. The third-order valence-electron chi connectivity index (χ3n) is 5.44. The number of thiazole rings is 1. The molecule has 36 heavy (non-hydrogen) atoms. The molecule has 0 N–H and O–H groups in total. The fraction of sp³-hybridized carbons (Fsp3) is 0.192. The Morgan fingerprint density at radius 2 is 1.89 bits per heavy atom. The Hall–Kier alpha value is -3.92. The second-order valence-corrected chi connectivity index (χ2v) is 9.06. The van der Waals surface area contributed by atoms with Crippen LogP contribution in [-0.2, 0) is 6.18 Å². The van der Waals surface area contributed by atoms with E-state index >= 15 is 0 Å². The van der Waals surface area contributed by atoms with E-state index in [2.05, 4.69) is 17.0 Å². The SMILES string of the molecule is CCCCOc1ccc(-c2nc3sc(=Cc4ccc(-c5cccc(C(F)(F)F)c5)o4)c(=O)n3n2)cc1. The normalized spacial score (nSPS) is 12.5. The van der Waals surface area contributed by atoms with Crippen molar-refractivity contribution in [3.63, 3.8) is 0 Å². The third kappa shape index (κ3) is 4.90. The molecule has 0 saturated heterocycles. The van der Waals surface area contributed by atoms with Crippen molar-refractivity contribution in [1.82, 2.24) is 14.6 Å². The predicted octanol–water partition coefficient (Wildman–Crippen LogP) is 5.82. The molecule has 0 atom stereocenters. The minimum Gasteiger partial charge on any atom is -0.494 e. The van der Waals surface area contributed by atoms with Gasteiger partial charge in [0.05, 0.1) is 12.2 Å². The maximum atomic E-state index is 13.0. The summed E-state index contributed by atoms with van der Waals surface area (Å²) in [6.07, 6.45) is -0.877. The van der Waals surface area contributed by atoms with Crippen molar-refractivity contribution in [2.24, 2.45) is 0 Å². The minimum atomic E-state index is -4.45. The van der Waals surface area contributed by atoms with Crippen LogP contribution in [0.3, 0.4) is 0 Å². The lowest BCUT2D eigenvalue weighted by molar-refractivity contribution is -0.137. The molecule has 0 aliphatic heterocycles. The van der Waals surface area contributed by atoms with Crippen LogP contribution < -0.4 is 14.8 Å². The quantitative estimate of drug-likeness (QED) is 0.258. The van der Waals surface area contributed by atoms with E-state index in [1.807, 2.05) is 24.3 Å². The van der Waals surface area contributed by atoms with Gasteiger partial charge in [-0.15, -0.1) is 5.10 Å². The molecule has 0 spiro atoms. The lowest BCUT2D eigenvalue weighted by Gasteiger charge is -2.07. The maximum absolute atomic E-state index is 13.0. The number of halogens is 3. The molecule has 5 aromatic rings. The van der Waals surface area contributed by atoms with Crippen LogP contribution in [0.4, 0.5) is 13.2 Å². The zero-order valence-electron chi connectivity index (χ0n) is 19.1. The number of unbranched alkanes of at least 4 members (excludes halogenated alkanes) is 1. The first-order valence-corrected chi connectivity index (χ1v) is 12.1. The monoisotopic (exact) mass is 511 g/mol. The lowest BCUT2D eigenvalue weighted by Crippen LogP contribution is -2.23. The van der Waals surface area contributed by atoms with Gasteiger partial charge in [-0.1, -0.05) is 36.8 Å². The number of benzene rings is 2. The van der Waals surface area contributed by atoms with E-state index in [0.29, 0.717) is 33.2 Å². The van der Waals surface area contributed by atoms with Gasteiger partial charge in [0.15, 0.2) is 5.82 Å². The highest BCUT2D eigenvalue weighted by Crippen LogP contribution is 2.32. The van der Waals surface area contributed by atoms with Crippen molar-refractivity contribution < 1.29 is 22.3 Å². The standard InChI is InChI=1S/C26H20F3N3O3S/c1-2-3-13-34-19-9-7-16(8-10-19)23-30-25-32(31-23)24(33)22(36-25)15-20-11-12-21(35-20)17-5-4-6-18(14-17)26(27,28)29/h4-12,14-15H,2-3,13H2,1H3. The maximum Gasteiger partial charge on any atom is 0.416 e. The zero-order valence-corrected chi connectivity index (χ0v) is 19.9. The molecule has 6 nitrogen and oxygen atoms in total. The number of hydrogen-bond donors (Lipinski definition) is 0. The average Bonchev–Trinajstić information content (AvgIpc) is 3.57. The number of fused-ring (bicyclic) bond motifs is 1. The molecule has 0 amide bonds. The Morgan fingerprint density at radius 3 is 2.61 bits per heavy atom. The Labute approximate surface area is 207 Å². The summed E-state index contributed by atoms with van der Waals surface area (Å²) in [5, 5.41) is 4.34. The van der Waals surface area contributed by atoms with Gasteiger partial charge in [-0.05, 0) is 55.0 Å². The van der Waals surface area contributed by atoms with Crippen LogP contribution in [0.1, 0.15) is 31.1 Å². The number of aromatic nitrogens is 3. The topological polar surface area (TPSA) is 69.6 Å². The molecule has 3 heterocycles. The van der Waals surface area contributed by atoms with E-state index in [1.165, 1.54) is 22.7 Å². The molecular formula is C26H20F3N3O3S. The van der Waals surface area contributed by atoms with Crippen molar-refractivity contribution in [3.8, 4) is 28.5 Å². The Bertz CT molecular complexity index is 1620. The van der Waals surface area contributed by atoms with Crippen LogP contribution >= 0.6 is 11.3 Å². The van der Waals surface area contributed by atoms with E-state index in [0.717, 1.165) is 47.6 Å². The van der Waals surface area contributed by atoms with E-state index in [-0.39, 0.29) is 11.3 Å². The number of hydrogen-bond acceptors (Lipinski definition) is 6. The van der Waals surface area contributed by atoms with Crippen molar-refractivity contribution in [2.45, 2.75) is 25.9 Å². The smallest absolute Gasteiger partial charge is 0.416 e. The highest BCUT2D eigenvalue weighted by molar-refractivity contribution is 7.15. The highest BCUT2D eigenvalue weighted by atomic mass is 32.1. The molecule has 0 unspecified atom stereocenters. The number of furan rings is 1. The Kier molecular flexibility index (Phi) is 6.36. The van der Waals surface area contributed by atoms with Crippen LogP contribution in [0.2, 0.25) is 0 Å². The molecule has 0 aliphatic carbocycles. The van der Waals surface area contributed by atoms with Gasteiger partial charge in [0, 0.05) is 17.2 Å². The van der Waals surface area contributed by atoms with Gasteiger partial charge in [0.2, 0.25) is 4.96 Å². The summed E-state index contributed by atoms with van der Waals surface area (Å²) in [4.78, 5) is 17.8. The summed E-state index contributed by atoms with van der Waals surface area (Å²) < 4.78 is 52.0. The van der Waals surface area contributed by atoms with Crippen LogP contribution in [0.25, 0.3) is 33.7 Å². The van der Waals surface area contributed by atoms with E-state index in [4.69, 9.17) is 9.15 Å². The fourth-order valence-corrected chi connectivity index (χ4v) is 4.44. The number of nitrogens with zero attached hydrogens (tertiary/aromatic N) is 3. The molecule has 0 fully saturated rings. The predicted molar refractivity (Wildman–Crippen MR) is 131 cm³/mol. The van der Waals surface area contributed by atoms with Gasteiger partial charge in [-0.2, -0.15) is 22.7 Å². The third-order valence-corrected chi connectivity index (χ3v) is 6.39. The summed E-state index contributed by atoms with van der Waals surface area (Å²) in [7, 11) is 0. The van der Waals surface area contributed by atoms with Gasteiger partial charge in [0.25, 0.3) is 5.56 Å². The molecule has 5 rings (SSSR count). The molecule has 0 bridgehead atoms. The summed E-state index contributed by atoms with van der Waals surface area (Å²) >= 11 is 1.15. The van der Waals surface area contributed by atoms with Crippen molar-refractivity contribution in [2.75, 3.05) is 6.61 Å². The fourth-order valence-electron chi connectivity index (χ4n) is 3.55. The minimum absolute atomic E-state index is 0.267. The molecule has 2 aromatic carbocycles. The molecule has 184 valence electrons. The lowest BCUT2D eigenvalue weighted by atomic mass is 10.1. The van der Waals surface area contributed by atoms with Crippen LogP contribution in [0.15, 0.2) is 69.9 Å². The van der Waals surface area contributed by atoms with Crippen molar-refractivity contribution >= 4 is 22.4 Å². The van der Waals surface area contributed by atoms with Gasteiger partial charge < -0.3 is 9.15 Å². The van der Waals surface area contributed by atoms with Crippen molar-refractivity contribution in [3.05, 3.63) is 86.9 Å². The van der Waals surface area contributed by atoms with Gasteiger partial charge in [-0.3, -0.25) is 4.79 Å². The summed E-state index contributed by atoms with van der Waals surface area (Å²) in [6.45, 7) is 2.76. The molecule has 0 aliphatic rings. The number of ether oxygens (including phenoxy) is 1. The first kappa shape index (κ1) is 23.8. The van der Waals surface area contributed by atoms with Crippen LogP contribution in [-0.4, -0.2) is 21.2 Å². The average molecular weight is 512 g/mol. The van der Waals surface area contributed by atoms with E-state index in [1.54, 1.807) is 12.1 Å². The van der Waals surface area contributed by atoms with E-state index in [9.17, 15) is 18.0 Å². The summed E-state index contributed by atoms with van der Waals surface area (Å²) in [5.74, 6) is 1.79. The zero-order chi connectivity index (χ0) is 25.3. The molecule has 3 aromatic heterocycles.